The number of likely N-dealkylation sites (tertiary alicyclic amines) is 1. The van der Waals surface area contributed by atoms with Crippen LogP contribution >= 0.6 is 11.3 Å². The molecule has 1 aromatic heterocycles. The summed E-state index contributed by atoms with van der Waals surface area (Å²) in [6, 6.07) is 11.2. The van der Waals surface area contributed by atoms with Crippen LogP contribution in [0.2, 0.25) is 0 Å². The molecule has 2 aromatic carbocycles. The predicted octanol–water partition coefficient (Wildman–Crippen LogP) is 3.58. The molecule has 1 aliphatic heterocycles. The molecule has 3 aromatic rings. The molecular weight excluding hydrogens is 406 g/mol. The number of benzene rings is 2. The lowest BCUT2D eigenvalue weighted by molar-refractivity contribution is 0.0706. The number of carbonyl (C=O) groups is 1. The number of nitrogens with zero attached hydrogens (tertiary/aromatic N) is 2. The summed E-state index contributed by atoms with van der Waals surface area (Å²) in [4.78, 5) is 19.7. The van der Waals surface area contributed by atoms with E-state index in [2.05, 4.69) is 6.07 Å². The van der Waals surface area contributed by atoms with Gasteiger partial charge in [-0.05, 0) is 62.1 Å². The Morgan fingerprint density at radius 2 is 2.00 bits per heavy atom. The third kappa shape index (κ3) is 3.92. The molecule has 2 N–H and O–H groups in total. The molecule has 1 saturated heterocycles. The molecule has 29 heavy (non-hydrogen) atoms. The molecule has 0 spiro atoms. The molecule has 0 radical (unpaired) electrons. The lowest BCUT2D eigenvalue weighted by atomic mass is 9.97. The van der Waals surface area contributed by atoms with Gasteiger partial charge >= 0.3 is 0 Å². The Balaban J connectivity index is 1.61. The van der Waals surface area contributed by atoms with Gasteiger partial charge in [-0.15, -0.1) is 11.3 Å². The average Bonchev–Trinajstić information content (AvgIpc) is 3.13. The smallest absolute Gasteiger partial charge is 0.253 e. The van der Waals surface area contributed by atoms with E-state index >= 15 is 0 Å². The van der Waals surface area contributed by atoms with E-state index in [-0.39, 0.29) is 16.7 Å². The van der Waals surface area contributed by atoms with Gasteiger partial charge in [0.1, 0.15) is 0 Å². The maximum Gasteiger partial charge on any atom is 0.253 e. The summed E-state index contributed by atoms with van der Waals surface area (Å²) in [6.45, 7) is 4.72. The van der Waals surface area contributed by atoms with E-state index in [0.717, 1.165) is 33.6 Å². The average molecular weight is 430 g/mol. The number of hydrogen-bond acceptors (Lipinski definition) is 5. The number of aryl methyl sites for hydroxylation is 1. The number of nitrogens with two attached hydrogens (primary N) is 1. The van der Waals surface area contributed by atoms with Gasteiger partial charge in [-0.3, -0.25) is 4.79 Å². The van der Waals surface area contributed by atoms with Gasteiger partial charge in [-0.1, -0.05) is 12.1 Å². The van der Waals surface area contributed by atoms with E-state index in [4.69, 9.17) is 10.1 Å². The quantitative estimate of drug-likeness (QED) is 0.689. The van der Waals surface area contributed by atoms with Crippen molar-refractivity contribution in [2.75, 3.05) is 13.1 Å². The van der Waals surface area contributed by atoms with Crippen molar-refractivity contribution in [1.29, 1.82) is 0 Å². The number of para-hydroxylation sites is 1. The predicted molar refractivity (Wildman–Crippen MR) is 115 cm³/mol. The highest BCUT2D eigenvalue weighted by atomic mass is 32.2. The maximum atomic E-state index is 13.2. The topological polar surface area (TPSA) is 93.4 Å². The van der Waals surface area contributed by atoms with Gasteiger partial charge in [0, 0.05) is 24.6 Å². The monoisotopic (exact) mass is 429 g/mol. The van der Waals surface area contributed by atoms with Crippen LogP contribution in [0.3, 0.4) is 0 Å². The minimum absolute atomic E-state index is 0.0144. The van der Waals surface area contributed by atoms with Crippen molar-refractivity contribution >= 4 is 37.5 Å². The van der Waals surface area contributed by atoms with Crippen molar-refractivity contribution in [2.24, 2.45) is 5.14 Å². The van der Waals surface area contributed by atoms with Crippen LogP contribution in [0.1, 0.15) is 45.3 Å². The largest absolute Gasteiger partial charge is 0.338 e. The van der Waals surface area contributed by atoms with Gasteiger partial charge in [-0.25, -0.2) is 18.5 Å². The number of primary sulfonamides is 1. The molecule has 1 aliphatic rings. The van der Waals surface area contributed by atoms with Crippen LogP contribution in [-0.2, 0) is 10.0 Å². The van der Waals surface area contributed by atoms with E-state index < -0.39 is 10.0 Å². The van der Waals surface area contributed by atoms with Crippen molar-refractivity contribution in [3.63, 3.8) is 0 Å². The zero-order chi connectivity index (χ0) is 20.8. The lowest BCUT2D eigenvalue weighted by Gasteiger charge is -2.32. The number of carbonyl (C=O) groups excluding carboxylic acids is 1. The summed E-state index contributed by atoms with van der Waals surface area (Å²) < 4.78 is 25.0. The van der Waals surface area contributed by atoms with Crippen molar-refractivity contribution < 1.29 is 13.2 Å². The molecule has 4 rings (SSSR count). The number of rotatable bonds is 3. The molecule has 152 valence electrons. The molecule has 8 heteroatoms. The Labute approximate surface area is 174 Å². The normalized spacial score (nSPS) is 17.6. The second-order valence-corrected chi connectivity index (χ2v) is 10.2. The first-order valence-corrected chi connectivity index (χ1v) is 11.9. The van der Waals surface area contributed by atoms with Crippen molar-refractivity contribution in [3.8, 4) is 0 Å². The number of piperidine rings is 1. The van der Waals surface area contributed by atoms with Gasteiger partial charge in [0.15, 0.2) is 0 Å². The SMILES string of the molecule is Cc1cc(C(=O)N2CCC[C@@H](c3nc4ccccc4s3)C2)cc(S(N)(=O)=O)c1C. The fraction of sp³-hybridized carbons (Fsp3) is 0.333. The fourth-order valence-electron chi connectivity index (χ4n) is 3.86. The standard InChI is InChI=1S/C21H23N3O3S2/c1-13-10-16(11-19(14(13)2)29(22,26)27)21(25)24-9-5-6-15(12-24)20-23-17-7-3-4-8-18(17)28-20/h3-4,7-8,10-11,15H,5-6,9,12H2,1-2H3,(H2,22,26,27)/t15-/m1/s1. The minimum Gasteiger partial charge on any atom is -0.338 e. The first kappa shape index (κ1) is 20.0. The summed E-state index contributed by atoms with van der Waals surface area (Å²) in [6.07, 6.45) is 1.87. The summed E-state index contributed by atoms with van der Waals surface area (Å²) >= 11 is 1.68. The van der Waals surface area contributed by atoms with E-state index in [1.807, 2.05) is 18.2 Å². The second kappa shape index (κ2) is 7.51. The molecule has 0 aliphatic carbocycles. The Kier molecular flexibility index (Phi) is 5.18. The Bertz CT molecular complexity index is 1170. The second-order valence-electron chi connectivity index (χ2n) is 7.57. The molecule has 1 amide bonds. The van der Waals surface area contributed by atoms with Crippen molar-refractivity contribution in [3.05, 3.63) is 58.1 Å². The zero-order valence-electron chi connectivity index (χ0n) is 16.4. The van der Waals surface area contributed by atoms with Crippen molar-refractivity contribution in [1.82, 2.24) is 9.88 Å². The van der Waals surface area contributed by atoms with Gasteiger partial charge in [0.25, 0.3) is 5.91 Å². The highest BCUT2D eigenvalue weighted by molar-refractivity contribution is 7.89. The summed E-state index contributed by atoms with van der Waals surface area (Å²) in [5, 5.41) is 6.40. The van der Waals surface area contributed by atoms with Crippen LogP contribution in [0.4, 0.5) is 0 Å². The van der Waals surface area contributed by atoms with Gasteiger partial charge < -0.3 is 4.90 Å². The van der Waals surface area contributed by atoms with Crippen LogP contribution in [0.5, 0.6) is 0 Å². The van der Waals surface area contributed by atoms with Crippen LogP contribution in [-0.4, -0.2) is 37.3 Å². The van der Waals surface area contributed by atoms with Crippen LogP contribution in [0.15, 0.2) is 41.3 Å². The molecule has 2 heterocycles. The number of thiazole rings is 1. The maximum absolute atomic E-state index is 13.2. The van der Waals surface area contributed by atoms with E-state index in [9.17, 15) is 13.2 Å². The molecule has 6 nitrogen and oxygen atoms in total. The highest BCUT2D eigenvalue weighted by Crippen LogP contribution is 2.33. The lowest BCUT2D eigenvalue weighted by Crippen LogP contribution is -2.39. The number of fused-ring (bicyclic) bond motifs is 1. The third-order valence-electron chi connectivity index (χ3n) is 5.54. The Morgan fingerprint density at radius 3 is 2.72 bits per heavy atom. The van der Waals surface area contributed by atoms with E-state index in [1.54, 1.807) is 36.2 Å². The molecule has 0 unspecified atom stereocenters. The summed E-state index contributed by atoms with van der Waals surface area (Å²) in [5.41, 5.74) is 2.67. The Morgan fingerprint density at radius 1 is 1.24 bits per heavy atom. The molecule has 1 fully saturated rings. The molecule has 1 atom stereocenters. The van der Waals surface area contributed by atoms with Gasteiger partial charge in [0.05, 0.1) is 20.1 Å². The Hall–Kier alpha value is -2.29. The van der Waals surface area contributed by atoms with Gasteiger partial charge in [-0.2, -0.15) is 0 Å². The van der Waals surface area contributed by atoms with Crippen molar-refractivity contribution in [2.45, 2.75) is 37.5 Å². The molecule has 0 bridgehead atoms. The fourth-order valence-corrected chi connectivity index (χ4v) is 5.83. The number of sulfonamides is 1. The van der Waals surface area contributed by atoms with Crippen LogP contribution in [0.25, 0.3) is 10.2 Å². The molecule has 0 saturated carbocycles. The third-order valence-corrected chi connectivity index (χ3v) is 7.78. The highest BCUT2D eigenvalue weighted by Gasteiger charge is 2.28. The van der Waals surface area contributed by atoms with Gasteiger partial charge in [0.2, 0.25) is 10.0 Å². The number of aromatic nitrogens is 1. The van der Waals surface area contributed by atoms with Crippen LogP contribution < -0.4 is 5.14 Å². The summed E-state index contributed by atoms with van der Waals surface area (Å²) in [5.74, 6) is 0.0261. The zero-order valence-corrected chi connectivity index (χ0v) is 18.0. The number of hydrogen-bond donors (Lipinski definition) is 1. The first-order chi connectivity index (χ1) is 13.7. The van der Waals surface area contributed by atoms with Crippen LogP contribution in [0, 0.1) is 13.8 Å². The minimum atomic E-state index is -3.89. The number of amides is 1. The molecular formula is C21H23N3O3S2. The first-order valence-electron chi connectivity index (χ1n) is 9.53. The van der Waals surface area contributed by atoms with E-state index in [1.165, 1.54) is 6.07 Å². The summed E-state index contributed by atoms with van der Waals surface area (Å²) in [7, 11) is -3.89. The van der Waals surface area contributed by atoms with E-state index in [0.29, 0.717) is 24.2 Å².